The van der Waals surface area contributed by atoms with E-state index in [2.05, 4.69) is 59.5 Å². The number of rotatable bonds is 7. The lowest BCUT2D eigenvalue weighted by atomic mass is 9.41. The SMILES string of the molecule is COCC/C(C)=C(\B(c1cccs1)c1cccs1)c1cccs1. The Morgan fingerprint density at radius 3 is 2.04 bits per heavy atom. The summed E-state index contributed by atoms with van der Waals surface area (Å²) >= 11 is 5.51. The Morgan fingerprint density at radius 2 is 1.57 bits per heavy atom. The maximum absolute atomic E-state index is 5.32. The number of ether oxygens (including phenoxy) is 1. The molecule has 23 heavy (non-hydrogen) atoms. The fourth-order valence-corrected chi connectivity index (χ4v) is 5.42. The zero-order valence-electron chi connectivity index (χ0n) is 13.3. The van der Waals surface area contributed by atoms with Crippen LogP contribution < -0.4 is 9.55 Å². The molecule has 0 saturated heterocycles. The Bertz CT molecular complexity index is 693. The van der Waals surface area contributed by atoms with Crippen molar-refractivity contribution < 1.29 is 4.74 Å². The molecule has 0 aliphatic heterocycles. The van der Waals surface area contributed by atoms with Gasteiger partial charge in [0.05, 0.1) is 0 Å². The van der Waals surface area contributed by atoms with E-state index >= 15 is 0 Å². The van der Waals surface area contributed by atoms with Crippen molar-refractivity contribution in [2.75, 3.05) is 13.7 Å². The molecule has 5 heteroatoms. The molecule has 0 radical (unpaired) electrons. The van der Waals surface area contributed by atoms with Crippen LogP contribution in [0, 0.1) is 0 Å². The molecule has 3 rings (SSSR count). The van der Waals surface area contributed by atoms with Crippen LogP contribution in [0.4, 0.5) is 0 Å². The average Bonchev–Trinajstić information content (AvgIpc) is 3.33. The standard InChI is InChI=1S/C18H19BOS3/c1-14(9-10-20-2)18(15-6-3-11-21-15)19(16-7-4-12-22-16)17-8-5-13-23-17/h3-8,11-13H,9-10H2,1-2H3/b18-14-. The minimum Gasteiger partial charge on any atom is -0.384 e. The first-order chi connectivity index (χ1) is 11.3. The van der Waals surface area contributed by atoms with E-state index < -0.39 is 0 Å². The summed E-state index contributed by atoms with van der Waals surface area (Å²) in [7, 11) is 1.77. The molecular formula is C18H19BOS3. The van der Waals surface area contributed by atoms with Gasteiger partial charge in [-0.2, -0.15) is 22.7 Å². The van der Waals surface area contributed by atoms with Crippen molar-refractivity contribution >= 4 is 55.7 Å². The molecule has 0 aromatic carbocycles. The Hall–Kier alpha value is -1.14. The second kappa shape index (κ2) is 8.11. The lowest BCUT2D eigenvalue weighted by molar-refractivity contribution is 0.202. The Balaban J connectivity index is 2.12. The Kier molecular flexibility index (Phi) is 5.89. The van der Waals surface area contributed by atoms with Crippen LogP contribution in [0.25, 0.3) is 5.47 Å². The summed E-state index contributed by atoms with van der Waals surface area (Å²) in [6.07, 6.45) is 0.969. The fraction of sp³-hybridized carbons (Fsp3) is 0.222. The van der Waals surface area contributed by atoms with E-state index in [1.807, 2.05) is 34.0 Å². The third-order valence-electron chi connectivity index (χ3n) is 3.87. The highest BCUT2D eigenvalue weighted by Gasteiger charge is 2.29. The largest absolute Gasteiger partial charge is 0.384 e. The van der Waals surface area contributed by atoms with Crippen molar-refractivity contribution in [1.29, 1.82) is 0 Å². The van der Waals surface area contributed by atoms with E-state index in [1.54, 1.807) is 7.11 Å². The lowest BCUT2D eigenvalue weighted by Crippen LogP contribution is -2.40. The molecule has 0 fully saturated rings. The zero-order chi connectivity index (χ0) is 16.1. The summed E-state index contributed by atoms with van der Waals surface area (Å²) in [4.78, 5) is 1.37. The van der Waals surface area contributed by atoms with Crippen molar-refractivity contribution in [3.8, 4) is 0 Å². The highest BCUT2D eigenvalue weighted by atomic mass is 32.1. The molecule has 3 heterocycles. The normalized spacial score (nSPS) is 12.3. The van der Waals surface area contributed by atoms with Gasteiger partial charge in [0, 0.05) is 18.6 Å². The van der Waals surface area contributed by atoms with E-state index in [4.69, 9.17) is 4.74 Å². The van der Waals surface area contributed by atoms with Crippen LogP contribution >= 0.6 is 34.0 Å². The summed E-state index contributed by atoms with van der Waals surface area (Å²) in [6, 6.07) is 13.2. The third kappa shape index (κ3) is 3.86. The molecule has 0 amide bonds. The van der Waals surface area contributed by atoms with Crippen LogP contribution in [0.5, 0.6) is 0 Å². The number of thiophene rings is 3. The molecule has 1 nitrogen and oxygen atoms in total. The van der Waals surface area contributed by atoms with Gasteiger partial charge >= 0.3 is 0 Å². The quantitative estimate of drug-likeness (QED) is 0.564. The van der Waals surface area contributed by atoms with Crippen molar-refractivity contribution in [2.45, 2.75) is 13.3 Å². The molecule has 118 valence electrons. The van der Waals surface area contributed by atoms with E-state index in [1.165, 1.54) is 25.5 Å². The van der Waals surface area contributed by atoms with Crippen LogP contribution in [-0.2, 0) is 4.74 Å². The first-order valence-corrected chi connectivity index (χ1v) is 10.2. The summed E-state index contributed by atoms with van der Waals surface area (Å²) in [5, 5.41) is 6.51. The highest BCUT2D eigenvalue weighted by Crippen LogP contribution is 2.28. The Labute approximate surface area is 150 Å². The molecular weight excluding hydrogens is 339 g/mol. The van der Waals surface area contributed by atoms with Gasteiger partial charge in [0.15, 0.2) is 0 Å². The van der Waals surface area contributed by atoms with Crippen LogP contribution in [0.15, 0.2) is 58.1 Å². The Morgan fingerprint density at radius 1 is 0.957 bits per heavy atom. The van der Waals surface area contributed by atoms with Gasteiger partial charge < -0.3 is 4.74 Å². The van der Waals surface area contributed by atoms with Gasteiger partial charge in [-0.05, 0) is 45.1 Å². The first-order valence-electron chi connectivity index (χ1n) is 7.60. The van der Waals surface area contributed by atoms with Crippen molar-refractivity contribution in [2.24, 2.45) is 0 Å². The average molecular weight is 358 g/mol. The van der Waals surface area contributed by atoms with Gasteiger partial charge in [-0.3, -0.25) is 0 Å². The highest BCUT2D eigenvalue weighted by molar-refractivity contribution is 7.35. The monoisotopic (exact) mass is 358 g/mol. The minimum absolute atomic E-state index is 0.325. The first kappa shape index (κ1) is 16.7. The molecule has 0 bridgehead atoms. The molecule has 3 aromatic rings. The van der Waals surface area contributed by atoms with E-state index in [-0.39, 0.29) is 0 Å². The number of hydrogen-bond donors (Lipinski definition) is 0. The van der Waals surface area contributed by atoms with E-state index in [9.17, 15) is 0 Å². The fourth-order valence-electron chi connectivity index (χ4n) is 2.76. The second-order valence-electron chi connectivity index (χ2n) is 5.38. The number of methoxy groups -OCH3 is 1. The van der Waals surface area contributed by atoms with Gasteiger partial charge in [-0.1, -0.05) is 41.4 Å². The zero-order valence-corrected chi connectivity index (χ0v) is 15.8. The van der Waals surface area contributed by atoms with Crippen molar-refractivity contribution in [1.82, 2.24) is 0 Å². The summed E-state index contributed by atoms with van der Waals surface area (Å²) < 4.78 is 8.14. The van der Waals surface area contributed by atoms with Gasteiger partial charge in [-0.15, -0.1) is 11.3 Å². The second-order valence-corrected chi connectivity index (χ2v) is 8.28. The molecule has 0 atom stereocenters. The smallest absolute Gasteiger partial charge is 0.267 e. The maximum atomic E-state index is 5.32. The molecule has 3 aromatic heterocycles. The van der Waals surface area contributed by atoms with Gasteiger partial charge in [0.25, 0.3) is 6.71 Å². The van der Waals surface area contributed by atoms with Gasteiger partial charge in [-0.25, -0.2) is 0 Å². The van der Waals surface area contributed by atoms with Crippen LogP contribution in [0.1, 0.15) is 18.2 Å². The predicted octanol–water partition coefficient (Wildman–Crippen LogP) is 4.53. The van der Waals surface area contributed by atoms with Crippen molar-refractivity contribution in [3.05, 3.63) is 63.0 Å². The van der Waals surface area contributed by atoms with Crippen LogP contribution in [-0.4, -0.2) is 20.4 Å². The number of hydrogen-bond acceptors (Lipinski definition) is 4. The van der Waals surface area contributed by atoms with E-state index in [0.29, 0.717) is 6.71 Å². The van der Waals surface area contributed by atoms with Crippen molar-refractivity contribution in [3.63, 3.8) is 0 Å². The maximum Gasteiger partial charge on any atom is 0.267 e. The van der Waals surface area contributed by atoms with Crippen LogP contribution in [0.2, 0.25) is 0 Å². The van der Waals surface area contributed by atoms with Gasteiger partial charge in [0.1, 0.15) is 0 Å². The lowest BCUT2D eigenvalue weighted by Gasteiger charge is -2.18. The van der Waals surface area contributed by atoms with Gasteiger partial charge in [0.2, 0.25) is 0 Å². The third-order valence-corrected chi connectivity index (χ3v) is 6.65. The van der Waals surface area contributed by atoms with E-state index in [0.717, 1.165) is 13.0 Å². The molecule has 0 aliphatic rings. The molecule has 0 N–H and O–H groups in total. The molecule has 0 aliphatic carbocycles. The van der Waals surface area contributed by atoms with Crippen LogP contribution in [0.3, 0.4) is 0 Å². The summed E-state index contributed by atoms with van der Waals surface area (Å²) in [5.41, 5.74) is 2.86. The summed E-state index contributed by atoms with van der Waals surface area (Å²) in [5.74, 6) is 0. The minimum atomic E-state index is 0.325. The molecule has 0 saturated carbocycles. The predicted molar refractivity (Wildman–Crippen MR) is 107 cm³/mol. The summed E-state index contributed by atoms with van der Waals surface area (Å²) in [6.45, 7) is 3.34. The molecule has 0 spiro atoms. The topological polar surface area (TPSA) is 9.23 Å². The molecule has 0 unspecified atom stereocenters.